The van der Waals surface area contributed by atoms with Gasteiger partial charge in [0.25, 0.3) is 5.91 Å². The fourth-order valence-corrected chi connectivity index (χ4v) is 3.21. The van der Waals surface area contributed by atoms with Gasteiger partial charge >= 0.3 is 0 Å². The molecule has 0 radical (unpaired) electrons. The van der Waals surface area contributed by atoms with Gasteiger partial charge in [0.05, 0.1) is 39.0 Å². The van der Waals surface area contributed by atoms with E-state index in [2.05, 4.69) is 16.3 Å². The van der Waals surface area contributed by atoms with Gasteiger partial charge in [0.2, 0.25) is 0 Å². The second-order valence-electron chi connectivity index (χ2n) is 6.65. The van der Waals surface area contributed by atoms with Gasteiger partial charge in [-0.1, -0.05) is 12.1 Å². The van der Waals surface area contributed by atoms with E-state index in [-0.39, 0.29) is 11.6 Å². The van der Waals surface area contributed by atoms with Crippen LogP contribution in [0.5, 0.6) is 5.75 Å². The predicted octanol–water partition coefficient (Wildman–Crippen LogP) is 1.49. The predicted molar refractivity (Wildman–Crippen MR) is 101 cm³/mol. The molecule has 1 fully saturated rings. The molecule has 0 aromatic heterocycles. The summed E-state index contributed by atoms with van der Waals surface area (Å²) >= 11 is 0. The quantitative estimate of drug-likeness (QED) is 0.851. The van der Waals surface area contributed by atoms with E-state index in [0.717, 1.165) is 43.2 Å². The zero-order valence-corrected chi connectivity index (χ0v) is 15.2. The monoisotopic (exact) mass is 358 g/mol. The molecule has 138 valence electrons. The molecular formula is C20H25FN3O2+. The largest absolute Gasteiger partial charge is 0.497 e. The number of nitrogens with zero attached hydrogens (tertiary/aromatic N) is 1. The van der Waals surface area contributed by atoms with E-state index in [9.17, 15) is 9.18 Å². The third kappa shape index (κ3) is 4.52. The smallest absolute Gasteiger partial charge is 0.279 e. The Morgan fingerprint density at radius 3 is 2.69 bits per heavy atom. The molecule has 5 nitrogen and oxygen atoms in total. The number of carbonyl (C=O) groups is 1. The van der Waals surface area contributed by atoms with Crippen LogP contribution in [0.4, 0.5) is 15.8 Å². The Morgan fingerprint density at radius 2 is 2.00 bits per heavy atom. The highest BCUT2D eigenvalue weighted by molar-refractivity contribution is 5.91. The summed E-state index contributed by atoms with van der Waals surface area (Å²) in [7, 11) is 1.66. The van der Waals surface area contributed by atoms with Crippen LogP contribution in [0.3, 0.4) is 0 Å². The van der Waals surface area contributed by atoms with Crippen molar-refractivity contribution in [3.05, 3.63) is 53.8 Å². The highest BCUT2D eigenvalue weighted by Gasteiger charge is 2.23. The van der Waals surface area contributed by atoms with Crippen LogP contribution in [-0.4, -0.2) is 45.7 Å². The van der Waals surface area contributed by atoms with Crippen molar-refractivity contribution >= 4 is 17.3 Å². The molecule has 2 aromatic rings. The summed E-state index contributed by atoms with van der Waals surface area (Å²) in [4.78, 5) is 15.7. The van der Waals surface area contributed by atoms with Crippen molar-refractivity contribution in [1.29, 1.82) is 0 Å². The van der Waals surface area contributed by atoms with Crippen LogP contribution < -0.4 is 19.9 Å². The van der Waals surface area contributed by atoms with E-state index in [1.54, 1.807) is 19.2 Å². The summed E-state index contributed by atoms with van der Waals surface area (Å²) in [6, 6.07) is 12.8. The fourth-order valence-electron chi connectivity index (χ4n) is 3.21. The Bertz CT molecular complexity index is 773. The van der Waals surface area contributed by atoms with Crippen LogP contribution in [-0.2, 0) is 4.79 Å². The Labute approximate surface area is 153 Å². The number of rotatable bonds is 5. The van der Waals surface area contributed by atoms with E-state index in [4.69, 9.17) is 4.74 Å². The molecule has 6 heteroatoms. The van der Waals surface area contributed by atoms with Gasteiger partial charge in [-0.15, -0.1) is 0 Å². The molecule has 3 rings (SSSR count). The number of carbonyl (C=O) groups excluding carboxylic acids is 1. The molecule has 0 spiro atoms. The first kappa shape index (κ1) is 18.2. The first-order valence-electron chi connectivity index (χ1n) is 8.84. The lowest BCUT2D eigenvalue weighted by Crippen LogP contribution is -3.15. The van der Waals surface area contributed by atoms with Gasteiger partial charge in [-0.25, -0.2) is 4.39 Å². The maximum atomic E-state index is 13.9. The number of nitrogens with one attached hydrogen (secondary N) is 2. The van der Waals surface area contributed by atoms with Crippen LogP contribution in [0.2, 0.25) is 0 Å². The van der Waals surface area contributed by atoms with Crippen LogP contribution in [0, 0.1) is 12.7 Å². The second-order valence-corrected chi connectivity index (χ2v) is 6.65. The molecule has 0 unspecified atom stereocenters. The summed E-state index contributed by atoms with van der Waals surface area (Å²) in [6.45, 7) is 5.63. The zero-order valence-electron chi connectivity index (χ0n) is 15.2. The summed E-state index contributed by atoms with van der Waals surface area (Å²) in [6.07, 6.45) is 0. The number of anilines is 2. The maximum absolute atomic E-state index is 13.9. The standard InChI is InChI=1S/C20H24FN3O2/c1-15-6-7-19(18(21)12-15)22-20(25)14-23-8-10-24(11-9-23)16-4-3-5-17(13-16)26-2/h3-7,12-13H,8-11,14H2,1-2H3,(H,22,25)/p+1. The van der Waals surface area contributed by atoms with E-state index in [0.29, 0.717) is 6.54 Å². The summed E-state index contributed by atoms with van der Waals surface area (Å²) in [5.41, 5.74) is 2.21. The molecule has 2 aromatic carbocycles. The lowest BCUT2D eigenvalue weighted by molar-refractivity contribution is -0.892. The van der Waals surface area contributed by atoms with Crippen LogP contribution in [0.15, 0.2) is 42.5 Å². The van der Waals surface area contributed by atoms with Crippen molar-refractivity contribution in [2.45, 2.75) is 6.92 Å². The molecule has 1 amide bonds. The van der Waals surface area contributed by atoms with E-state index in [1.165, 1.54) is 11.0 Å². The summed E-state index contributed by atoms with van der Waals surface area (Å²) in [5.74, 6) is 0.297. The zero-order chi connectivity index (χ0) is 18.5. The number of ether oxygens (including phenoxy) is 1. The van der Waals surface area contributed by atoms with Gasteiger partial charge in [0, 0.05) is 11.8 Å². The molecule has 2 N–H and O–H groups in total. The molecule has 0 bridgehead atoms. The number of halogens is 1. The number of methoxy groups -OCH3 is 1. The average molecular weight is 358 g/mol. The summed E-state index contributed by atoms with van der Waals surface area (Å²) < 4.78 is 19.1. The number of hydrogen-bond donors (Lipinski definition) is 2. The van der Waals surface area contributed by atoms with Gasteiger partial charge < -0.3 is 19.9 Å². The third-order valence-corrected chi connectivity index (χ3v) is 4.70. The minimum atomic E-state index is -0.392. The Hall–Kier alpha value is -2.60. The topological polar surface area (TPSA) is 46.0 Å². The van der Waals surface area contributed by atoms with E-state index >= 15 is 0 Å². The fraction of sp³-hybridized carbons (Fsp3) is 0.350. The van der Waals surface area contributed by atoms with Gasteiger partial charge in [-0.3, -0.25) is 4.79 Å². The number of amides is 1. The molecule has 0 aliphatic carbocycles. The van der Waals surface area contributed by atoms with Gasteiger partial charge in [0.1, 0.15) is 11.6 Å². The average Bonchev–Trinajstić information content (AvgIpc) is 2.65. The van der Waals surface area contributed by atoms with Gasteiger partial charge in [0.15, 0.2) is 6.54 Å². The molecule has 1 aliphatic heterocycles. The lowest BCUT2D eigenvalue weighted by Gasteiger charge is -2.33. The molecule has 0 saturated carbocycles. The SMILES string of the molecule is COc1cccc(N2CC[NH+](CC(=O)Nc3ccc(C)cc3F)CC2)c1. The first-order chi connectivity index (χ1) is 12.5. The van der Waals surface area contributed by atoms with E-state index < -0.39 is 5.82 Å². The van der Waals surface area contributed by atoms with Gasteiger partial charge in [-0.2, -0.15) is 0 Å². The van der Waals surface area contributed by atoms with Crippen molar-refractivity contribution < 1.29 is 18.8 Å². The summed E-state index contributed by atoms with van der Waals surface area (Å²) in [5, 5.41) is 2.68. The van der Waals surface area contributed by atoms with Crippen molar-refractivity contribution in [2.24, 2.45) is 0 Å². The maximum Gasteiger partial charge on any atom is 0.279 e. The van der Waals surface area contributed by atoms with E-state index in [1.807, 2.05) is 25.1 Å². The third-order valence-electron chi connectivity index (χ3n) is 4.70. The highest BCUT2D eigenvalue weighted by Crippen LogP contribution is 2.20. The van der Waals surface area contributed by atoms with Crippen molar-refractivity contribution in [3.8, 4) is 5.75 Å². The number of benzene rings is 2. The lowest BCUT2D eigenvalue weighted by atomic mass is 10.2. The minimum absolute atomic E-state index is 0.155. The van der Waals surface area contributed by atoms with Crippen LogP contribution in [0.1, 0.15) is 5.56 Å². The number of aryl methyl sites for hydroxylation is 1. The molecule has 1 heterocycles. The van der Waals surface area contributed by atoms with Crippen LogP contribution in [0.25, 0.3) is 0 Å². The number of piperazine rings is 1. The first-order valence-corrected chi connectivity index (χ1v) is 8.84. The number of quaternary nitrogens is 1. The number of hydrogen-bond acceptors (Lipinski definition) is 3. The normalized spacial score (nSPS) is 15.0. The molecule has 26 heavy (non-hydrogen) atoms. The van der Waals surface area contributed by atoms with Crippen LogP contribution >= 0.6 is 0 Å². The Kier molecular flexibility index (Phi) is 5.73. The van der Waals surface area contributed by atoms with Crippen molar-refractivity contribution in [1.82, 2.24) is 0 Å². The minimum Gasteiger partial charge on any atom is -0.497 e. The van der Waals surface area contributed by atoms with Crippen molar-refractivity contribution in [3.63, 3.8) is 0 Å². The van der Waals surface area contributed by atoms with Gasteiger partial charge in [-0.05, 0) is 36.8 Å². The highest BCUT2D eigenvalue weighted by atomic mass is 19.1. The molecule has 0 atom stereocenters. The Balaban J connectivity index is 1.51. The Morgan fingerprint density at radius 1 is 1.23 bits per heavy atom. The molecular weight excluding hydrogens is 333 g/mol. The van der Waals surface area contributed by atoms with Crippen molar-refractivity contribution in [2.75, 3.05) is 50.1 Å². The molecule has 1 aliphatic rings. The molecule has 1 saturated heterocycles. The second kappa shape index (κ2) is 8.19.